The lowest BCUT2D eigenvalue weighted by molar-refractivity contribution is -0.137. The fraction of sp³-hybridized carbons (Fsp3) is 0.600. The molecule has 4 heteroatoms. The molecule has 0 aromatic heterocycles. The Morgan fingerprint density at radius 3 is 2.29 bits per heavy atom. The summed E-state index contributed by atoms with van der Waals surface area (Å²) in [6, 6.07) is 5.92. The van der Waals surface area contributed by atoms with Gasteiger partial charge in [-0.3, -0.25) is 14.5 Å². The van der Waals surface area contributed by atoms with Crippen molar-refractivity contribution in [1.29, 1.82) is 0 Å². The molecule has 24 heavy (non-hydrogen) atoms. The van der Waals surface area contributed by atoms with Crippen LogP contribution in [0.25, 0.3) is 0 Å². The highest BCUT2D eigenvalue weighted by atomic mass is 16.2. The van der Waals surface area contributed by atoms with Crippen molar-refractivity contribution in [3.63, 3.8) is 0 Å². The quantitative estimate of drug-likeness (QED) is 0.798. The maximum atomic E-state index is 12.5. The molecule has 3 rings (SSSR count). The van der Waals surface area contributed by atoms with Gasteiger partial charge in [-0.05, 0) is 43.9 Å². The Bertz CT molecular complexity index is 612. The highest BCUT2D eigenvalue weighted by Crippen LogP contribution is 2.26. The summed E-state index contributed by atoms with van der Waals surface area (Å²) < 4.78 is 0. The lowest BCUT2D eigenvalue weighted by Gasteiger charge is -2.35. The lowest BCUT2D eigenvalue weighted by atomic mass is 10.0. The summed E-state index contributed by atoms with van der Waals surface area (Å²) in [5.41, 5.74) is 3.17. The molecule has 0 N–H and O–H groups in total. The molecule has 1 saturated heterocycles. The molecular formula is C20H28N2O2. The van der Waals surface area contributed by atoms with Crippen LogP contribution in [-0.2, 0) is 4.79 Å². The van der Waals surface area contributed by atoms with E-state index in [4.69, 9.17) is 0 Å². The summed E-state index contributed by atoms with van der Waals surface area (Å²) in [6.45, 7) is 7.67. The molecule has 1 heterocycles. The minimum Gasteiger partial charge on any atom is -0.340 e. The van der Waals surface area contributed by atoms with E-state index in [0.717, 1.165) is 50.1 Å². The van der Waals surface area contributed by atoms with E-state index in [1.807, 2.05) is 30.0 Å². The Hall–Kier alpha value is -1.68. The number of hydrogen-bond donors (Lipinski definition) is 0. The van der Waals surface area contributed by atoms with Crippen molar-refractivity contribution < 1.29 is 9.59 Å². The Morgan fingerprint density at radius 1 is 1.00 bits per heavy atom. The van der Waals surface area contributed by atoms with Gasteiger partial charge in [0.1, 0.15) is 0 Å². The SMILES string of the molecule is Cc1ccc(C(=O)CN2CCN(C(=O)C3CCCC3)CC2)cc1C. The van der Waals surface area contributed by atoms with Gasteiger partial charge in [-0.25, -0.2) is 0 Å². The Morgan fingerprint density at radius 2 is 1.67 bits per heavy atom. The van der Waals surface area contributed by atoms with Crippen molar-refractivity contribution in [3.8, 4) is 0 Å². The van der Waals surface area contributed by atoms with Crippen molar-refractivity contribution in [2.75, 3.05) is 32.7 Å². The summed E-state index contributed by atoms with van der Waals surface area (Å²) in [7, 11) is 0. The molecule has 0 bridgehead atoms. The van der Waals surface area contributed by atoms with Crippen LogP contribution in [0.2, 0.25) is 0 Å². The van der Waals surface area contributed by atoms with Crippen LogP contribution < -0.4 is 0 Å². The first kappa shape index (κ1) is 17.2. The zero-order valence-electron chi connectivity index (χ0n) is 14.9. The second-order valence-corrected chi connectivity index (χ2v) is 7.31. The number of ketones is 1. The van der Waals surface area contributed by atoms with Gasteiger partial charge >= 0.3 is 0 Å². The van der Waals surface area contributed by atoms with Gasteiger partial charge in [0.05, 0.1) is 6.54 Å². The number of hydrogen-bond acceptors (Lipinski definition) is 3. The Balaban J connectivity index is 1.50. The molecule has 1 aromatic rings. The summed E-state index contributed by atoms with van der Waals surface area (Å²) >= 11 is 0. The van der Waals surface area contributed by atoms with E-state index in [1.54, 1.807) is 0 Å². The molecule has 1 saturated carbocycles. The maximum Gasteiger partial charge on any atom is 0.225 e. The van der Waals surface area contributed by atoms with Gasteiger partial charge in [0.25, 0.3) is 0 Å². The molecule has 0 radical (unpaired) electrons. The van der Waals surface area contributed by atoms with Gasteiger partial charge in [0.2, 0.25) is 5.91 Å². The molecule has 1 aliphatic heterocycles. The van der Waals surface area contributed by atoms with Crippen LogP contribution in [0.15, 0.2) is 18.2 Å². The number of carbonyl (C=O) groups excluding carboxylic acids is 2. The first-order valence-electron chi connectivity index (χ1n) is 9.16. The van der Waals surface area contributed by atoms with Crippen LogP contribution in [0.1, 0.15) is 47.2 Å². The standard InChI is InChI=1S/C20H28N2O2/c1-15-7-8-18(13-16(15)2)19(23)14-21-9-11-22(12-10-21)20(24)17-5-3-4-6-17/h7-8,13,17H,3-6,9-12,14H2,1-2H3. The molecule has 1 aromatic carbocycles. The lowest BCUT2D eigenvalue weighted by Crippen LogP contribution is -2.51. The highest BCUT2D eigenvalue weighted by Gasteiger charge is 2.29. The molecule has 4 nitrogen and oxygen atoms in total. The average Bonchev–Trinajstić information content (AvgIpc) is 3.12. The Kier molecular flexibility index (Phi) is 5.34. The summed E-state index contributed by atoms with van der Waals surface area (Å²) in [6.07, 6.45) is 4.51. The van der Waals surface area contributed by atoms with Gasteiger partial charge in [0, 0.05) is 37.7 Å². The second kappa shape index (κ2) is 7.47. The van der Waals surface area contributed by atoms with Crippen LogP contribution in [0.4, 0.5) is 0 Å². The number of benzene rings is 1. The third-order valence-electron chi connectivity index (χ3n) is 5.58. The number of Topliss-reactive ketones (excluding diaryl/α,β-unsaturated/α-hetero) is 1. The molecule has 0 unspecified atom stereocenters. The summed E-state index contributed by atoms with van der Waals surface area (Å²) in [5.74, 6) is 0.773. The maximum absolute atomic E-state index is 12.5. The Labute approximate surface area is 144 Å². The highest BCUT2D eigenvalue weighted by molar-refractivity contribution is 5.97. The fourth-order valence-corrected chi connectivity index (χ4v) is 3.77. The first-order chi connectivity index (χ1) is 11.5. The molecular weight excluding hydrogens is 300 g/mol. The number of piperazine rings is 1. The molecule has 0 spiro atoms. The zero-order valence-corrected chi connectivity index (χ0v) is 14.9. The normalized spacial score (nSPS) is 19.7. The number of aryl methyl sites for hydroxylation is 2. The van der Waals surface area contributed by atoms with E-state index in [1.165, 1.54) is 18.4 Å². The van der Waals surface area contributed by atoms with Crippen molar-refractivity contribution in [1.82, 2.24) is 9.80 Å². The molecule has 130 valence electrons. The van der Waals surface area contributed by atoms with Crippen LogP contribution in [-0.4, -0.2) is 54.2 Å². The smallest absolute Gasteiger partial charge is 0.225 e. The molecule has 0 atom stereocenters. The monoisotopic (exact) mass is 328 g/mol. The van der Waals surface area contributed by atoms with Gasteiger partial charge in [-0.15, -0.1) is 0 Å². The van der Waals surface area contributed by atoms with Gasteiger partial charge < -0.3 is 4.90 Å². The van der Waals surface area contributed by atoms with Crippen LogP contribution in [0, 0.1) is 19.8 Å². The van der Waals surface area contributed by atoms with Gasteiger partial charge in [-0.1, -0.05) is 25.0 Å². The average molecular weight is 328 g/mol. The van der Waals surface area contributed by atoms with Gasteiger partial charge in [0.15, 0.2) is 5.78 Å². The first-order valence-corrected chi connectivity index (χ1v) is 9.16. The van der Waals surface area contributed by atoms with Crippen molar-refractivity contribution in [3.05, 3.63) is 34.9 Å². The largest absolute Gasteiger partial charge is 0.340 e. The third-order valence-corrected chi connectivity index (χ3v) is 5.58. The number of amides is 1. The predicted octanol–water partition coefficient (Wildman–Crippen LogP) is 2.82. The van der Waals surface area contributed by atoms with E-state index >= 15 is 0 Å². The summed E-state index contributed by atoms with van der Waals surface area (Å²) in [5, 5.41) is 0. The number of nitrogens with zero attached hydrogens (tertiary/aromatic N) is 2. The van der Waals surface area contributed by atoms with Crippen molar-refractivity contribution in [2.24, 2.45) is 5.92 Å². The van der Waals surface area contributed by atoms with Gasteiger partial charge in [-0.2, -0.15) is 0 Å². The van der Waals surface area contributed by atoms with E-state index in [9.17, 15) is 9.59 Å². The van der Waals surface area contributed by atoms with Crippen molar-refractivity contribution in [2.45, 2.75) is 39.5 Å². The van der Waals surface area contributed by atoms with E-state index in [2.05, 4.69) is 11.8 Å². The topological polar surface area (TPSA) is 40.6 Å². The molecule has 2 fully saturated rings. The van der Waals surface area contributed by atoms with Crippen LogP contribution in [0.5, 0.6) is 0 Å². The van der Waals surface area contributed by atoms with Crippen molar-refractivity contribution >= 4 is 11.7 Å². The zero-order chi connectivity index (χ0) is 17.1. The van der Waals surface area contributed by atoms with E-state index in [-0.39, 0.29) is 11.7 Å². The van der Waals surface area contributed by atoms with Crippen LogP contribution in [0.3, 0.4) is 0 Å². The third kappa shape index (κ3) is 3.86. The molecule has 2 aliphatic rings. The minimum atomic E-state index is 0.175. The van der Waals surface area contributed by atoms with Crippen LogP contribution >= 0.6 is 0 Å². The number of rotatable bonds is 4. The van der Waals surface area contributed by atoms with E-state index in [0.29, 0.717) is 12.5 Å². The second-order valence-electron chi connectivity index (χ2n) is 7.31. The molecule has 1 aliphatic carbocycles. The van der Waals surface area contributed by atoms with E-state index < -0.39 is 0 Å². The summed E-state index contributed by atoms with van der Waals surface area (Å²) in [4.78, 5) is 29.1. The molecule has 1 amide bonds. The number of carbonyl (C=O) groups is 2. The minimum absolute atomic E-state index is 0.175. The fourth-order valence-electron chi connectivity index (χ4n) is 3.77. The predicted molar refractivity (Wildman–Crippen MR) is 95.2 cm³/mol.